The van der Waals surface area contributed by atoms with Gasteiger partial charge in [0.1, 0.15) is 37.9 Å². The molecule has 0 aromatic heterocycles. The van der Waals surface area contributed by atoms with Gasteiger partial charge in [0, 0.05) is 20.7 Å². The molecule has 0 bridgehead atoms. The fraction of sp³-hybridized carbons (Fsp3) is 0.312. The lowest BCUT2D eigenvalue weighted by Gasteiger charge is -2.40. The zero-order valence-electron chi connectivity index (χ0n) is 23.7. The van der Waals surface area contributed by atoms with Gasteiger partial charge in [0.15, 0.2) is 0 Å². The highest BCUT2D eigenvalue weighted by atomic mass is 32.3. The molecule has 0 spiro atoms. The molecule has 4 rings (SSSR count). The smallest absolute Gasteiger partial charge is 0.346 e. The van der Waals surface area contributed by atoms with Gasteiger partial charge in [-0.15, -0.1) is 0 Å². The lowest BCUT2D eigenvalue weighted by Crippen LogP contribution is -2.37. The van der Waals surface area contributed by atoms with Gasteiger partial charge >= 0.3 is 10.3 Å². The maximum atomic E-state index is 13.8. The first-order chi connectivity index (χ1) is 20.5. The van der Waals surface area contributed by atoms with Crippen molar-refractivity contribution < 1.29 is 31.0 Å². The minimum atomic E-state index is -4.17. The van der Waals surface area contributed by atoms with Crippen LogP contribution in [0.5, 0.6) is 11.5 Å². The van der Waals surface area contributed by atoms with Gasteiger partial charge in [-0.3, -0.25) is 0 Å². The first-order valence-corrected chi connectivity index (χ1v) is 17.0. The molecule has 0 amide bonds. The second-order valence-electron chi connectivity index (χ2n) is 9.56. The van der Waals surface area contributed by atoms with Gasteiger partial charge in [-0.05, 0) is 83.8 Å². The lowest BCUT2D eigenvalue weighted by molar-refractivity contribution is 0.179. The van der Waals surface area contributed by atoms with Crippen LogP contribution in [0.3, 0.4) is 0 Å². The summed E-state index contributed by atoms with van der Waals surface area (Å²) < 4.78 is 58.6. The molecular formula is C32H39NO7S2. The minimum absolute atomic E-state index is 0.154. The van der Waals surface area contributed by atoms with E-state index in [9.17, 15) is 8.42 Å². The molecule has 10 heteroatoms. The molecule has 42 heavy (non-hydrogen) atoms. The Morgan fingerprint density at radius 2 is 1.14 bits per heavy atom. The average molecular weight is 614 g/mol. The Bertz CT molecular complexity index is 1300. The first-order valence-electron chi connectivity index (χ1n) is 14.0. The summed E-state index contributed by atoms with van der Waals surface area (Å²) in [4.78, 5) is 2.14. The predicted octanol–water partition coefficient (Wildman–Crippen LogP) is 7.14. The largest absolute Gasteiger partial charge is 0.498 e. The molecule has 1 aliphatic rings. The summed E-state index contributed by atoms with van der Waals surface area (Å²) in [5.74, 6) is 1.25. The summed E-state index contributed by atoms with van der Waals surface area (Å²) in [5.41, 5.74) is 0. The molecule has 1 fully saturated rings. The summed E-state index contributed by atoms with van der Waals surface area (Å²) in [5, 5.41) is 0. The minimum Gasteiger partial charge on any atom is -0.498 e. The molecule has 8 nitrogen and oxygen atoms in total. The highest BCUT2D eigenvalue weighted by Gasteiger charge is 2.38. The highest BCUT2D eigenvalue weighted by molar-refractivity contribution is 8.33. The van der Waals surface area contributed by atoms with Crippen molar-refractivity contribution in [2.75, 3.05) is 26.4 Å². The zero-order chi connectivity index (χ0) is 29.7. The van der Waals surface area contributed by atoms with Crippen LogP contribution in [-0.4, -0.2) is 40.9 Å². The molecule has 0 heterocycles. The van der Waals surface area contributed by atoms with E-state index in [0.717, 1.165) is 37.0 Å². The van der Waals surface area contributed by atoms with Gasteiger partial charge in [0.2, 0.25) is 0 Å². The summed E-state index contributed by atoms with van der Waals surface area (Å²) in [6.45, 7) is 8.49. The van der Waals surface area contributed by atoms with E-state index in [2.05, 4.69) is 17.9 Å². The number of hydrogen-bond acceptors (Lipinski definition) is 7. The van der Waals surface area contributed by atoms with E-state index >= 15 is 0 Å². The molecule has 0 saturated heterocycles. The van der Waals surface area contributed by atoms with Gasteiger partial charge in [-0.25, -0.2) is 0 Å². The summed E-state index contributed by atoms with van der Waals surface area (Å²) in [6, 6.07) is 24.0. The van der Waals surface area contributed by atoms with Gasteiger partial charge < -0.3 is 18.9 Å². The Hall–Kier alpha value is -3.44. The van der Waals surface area contributed by atoms with E-state index < -0.39 is 20.6 Å². The van der Waals surface area contributed by atoms with Crippen molar-refractivity contribution in [1.29, 1.82) is 0 Å². The van der Waals surface area contributed by atoms with Crippen molar-refractivity contribution >= 4 is 20.6 Å². The molecule has 0 aliphatic heterocycles. The fourth-order valence-corrected chi connectivity index (χ4v) is 9.97. The summed E-state index contributed by atoms with van der Waals surface area (Å²) >= 11 is 0. The molecule has 1 saturated carbocycles. The molecule has 0 atom stereocenters. The highest BCUT2D eigenvalue weighted by Crippen LogP contribution is 2.70. The van der Waals surface area contributed by atoms with Crippen LogP contribution in [0.2, 0.25) is 0 Å². The monoisotopic (exact) mass is 613 g/mol. The average Bonchev–Trinajstić information content (AvgIpc) is 3.02. The molecule has 3 aromatic carbocycles. The fourth-order valence-electron chi connectivity index (χ4n) is 4.75. The maximum absolute atomic E-state index is 13.8. The third kappa shape index (κ3) is 8.54. The standard InChI is InChI=1S/C32H39NO7S2/c1-3-36-23-25-38-28-15-19-31(20-16-28)41(30-13-9-6-10-14-30,40-42(34,35)33-27-11-7-5-8-12-27)32-21-17-29(18-22-32)39-26-24-37-4-2/h3-4,6,9-10,13-22,27,33H,1-2,5,7-8,11-12,23-26H2. The predicted molar refractivity (Wildman–Crippen MR) is 165 cm³/mol. The number of benzene rings is 3. The molecule has 226 valence electrons. The number of ether oxygens (including phenoxy) is 4. The van der Waals surface area contributed by atoms with Crippen molar-refractivity contribution in [3.05, 3.63) is 105 Å². The van der Waals surface area contributed by atoms with E-state index in [1.165, 1.54) is 12.5 Å². The summed E-state index contributed by atoms with van der Waals surface area (Å²) in [7, 11) is -6.94. The second kappa shape index (κ2) is 15.7. The molecular weight excluding hydrogens is 574 g/mol. The Balaban J connectivity index is 1.74. The normalized spacial score (nSPS) is 14.5. The van der Waals surface area contributed by atoms with Crippen molar-refractivity contribution in [2.24, 2.45) is 0 Å². The lowest BCUT2D eigenvalue weighted by atomic mass is 9.96. The molecule has 0 unspecified atom stereocenters. The van der Waals surface area contributed by atoms with Gasteiger partial charge in [-0.1, -0.05) is 50.6 Å². The maximum Gasteiger partial charge on any atom is 0.346 e. The van der Waals surface area contributed by atoms with Crippen molar-refractivity contribution in [3.63, 3.8) is 0 Å². The molecule has 3 aromatic rings. The molecule has 0 radical (unpaired) electrons. The quantitative estimate of drug-likeness (QED) is 0.128. The Kier molecular flexibility index (Phi) is 11.8. The van der Waals surface area contributed by atoms with E-state index in [4.69, 9.17) is 22.6 Å². The van der Waals surface area contributed by atoms with Crippen molar-refractivity contribution in [2.45, 2.75) is 52.8 Å². The van der Waals surface area contributed by atoms with Crippen molar-refractivity contribution in [3.8, 4) is 11.5 Å². The molecule has 1 N–H and O–H groups in total. The van der Waals surface area contributed by atoms with Crippen LogP contribution in [0, 0.1) is 0 Å². The Morgan fingerprint density at radius 1 is 0.667 bits per heavy atom. The third-order valence-electron chi connectivity index (χ3n) is 6.67. The van der Waals surface area contributed by atoms with Crippen molar-refractivity contribution in [1.82, 2.24) is 4.72 Å². The van der Waals surface area contributed by atoms with Crippen LogP contribution < -0.4 is 14.2 Å². The van der Waals surface area contributed by atoms with Gasteiger partial charge in [0.05, 0.1) is 12.5 Å². The summed E-state index contributed by atoms with van der Waals surface area (Å²) in [6.07, 6.45) is 7.41. The first kappa shape index (κ1) is 31.5. The third-order valence-corrected chi connectivity index (χ3v) is 11.6. The van der Waals surface area contributed by atoms with Crippen LogP contribution in [-0.2, 0) is 23.4 Å². The van der Waals surface area contributed by atoms with E-state index in [0.29, 0.717) is 47.7 Å². The van der Waals surface area contributed by atoms with E-state index in [1.807, 2.05) is 78.9 Å². The zero-order valence-corrected chi connectivity index (χ0v) is 25.3. The number of nitrogens with one attached hydrogen (secondary N) is 1. The second-order valence-corrected chi connectivity index (χ2v) is 13.8. The van der Waals surface area contributed by atoms with Crippen LogP contribution >= 0.6 is 10.3 Å². The van der Waals surface area contributed by atoms with Crippen LogP contribution in [0.15, 0.2) is 119 Å². The van der Waals surface area contributed by atoms with Crippen LogP contribution in [0.1, 0.15) is 32.1 Å². The van der Waals surface area contributed by atoms with E-state index in [-0.39, 0.29) is 6.04 Å². The van der Waals surface area contributed by atoms with E-state index in [1.54, 1.807) is 0 Å². The van der Waals surface area contributed by atoms with Gasteiger partial charge in [0.25, 0.3) is 0 Å². The number of hydrogen-bond donors (Lipinski definition) is 1. The SMILES string of the molecule is C=COCCOc1ccc(S(OS(=O)(=O)NC2CCCCC2)(c2ccccc2)c2ccc(OCCOC=C)cc2)cc1. The van der Waals surface area contributed by atoms with Crippen LogP contribution in [0.25, 0.3) is 0 Å². The number of rotatable bonds is 17. The topological polar surface area (TPSA) is 92.3 Å². The Morgan fingerprint density at radius 3 is 1.62 bits per heavy atom. The van der Waals surface area contributed by atoms with Crippen LogP contribution in [0.4, 0.5) is 0 Å². The van der Waals surface area contributed by atoms with Gasteiger partial charge in [-0.2, -0.15) is 16.8 Å². The Labute approximate surface area is 251 Å². The molecule has 1 aliphatic carbocycles.